The van der Waals surface area contributed by atoms with Gasteiger partial charge >= 0.3 is 7.82 Å². The molecule has 402 valence electrons. The highest BCUT2D eigenvalue weighted by molar-refractivity contribution is 7.47. The van der Waals surface area contributed by atoms with E-state index in [1.807, 2.05) is 27.2 Å². The van der Waals surface area contributed by atoms with Gasteiger partial charge in [0.2, 0.25) is 5.91 Å². The Balaban J connectivity index is 3.98. The van der Waals surface area contributed by atoms with Crippen molar-refractivity contribution in [1.82, 2.24) is 5.32 Å². The summed E-state index contributed by atoms with van der Waals surface area (Å²) in [6.07, 6.45) is 65.4. The summed E-state index contributed by atoms with van der Waals surface area (Å²) in [4.78, 5) is 23.3. The summed E-state index contributed by atoms with van der Waals surface area (Å²) in [5.41, 5.74) is 0. The van der Waals surface area contributed by atoms with Gasteiger partial charge in [-0.25, -0.2) is 4.57 Å². The van der Waals surface area contributed by atoms with E-state index in [9.17, 15) is 19.4 Å². The third-order valence-electron chi connectivity index (χ3n) is 13.4. The molecule has 68 heavy (non-hydrogen) atoms. The van der Waals surface area contributed by atoms with Gasteiger partial charge in [-0.2, -0.15) is 0 Å². The van der Waals surface area contributed by atoms with Crippen molar-refractivity contribution >= 4 is 13.7 Å². The third kappa shape index (κ3) is 52.5. The Bertz CT molecular complexity index is 1200. The Morgan fingerprint density at radius 2 is 0.838 bits per heavy atom. The molecule has 0 aliphatic rings. The van der Waals surface area contributed by atoms with Crippen LogP contribution in [0.25, 0.3) is 0 Å². The molecule has 0 aromatic carbocycles. The minimum absolute atomic E-state index is 0.0632. The van der Waals surface area contributed by atoms with E-state index in [0.717, 1.165) is 44.9 Å². The quantitative estimate of drug-likeness (QED) is 0.0243. The fourth-order valence-corrected chi connectivity index (χ4v) is 9.46. The molecule has 0 spiro atoms. The van der Waals surface area contributed by atoms with Crippen molar-refractivity contribution in [2.75, 3.05) is 40.9 Å². The number of carbonyl (C=O) groups excluding carboxylic acids is 1. The number of unbranched alkanes of at least 4 members (excludes halogenated alkanes) is 37. The van der Waals surface area contributed by atoms with Crippen molar-refractivity contribution in [2.45, 2.75) is 296 Å². The summed E-state index contributed by atoms with van der Waals surface area (Å²) >= 11 is 0. The van der Waals surface area contributed by atoms with Crippen LogP contribution in [0.3, 0.4) is 0 Å². The molecular formula is C59H116N2O6P+. The van der Waals surface area contributed by atoms with Crippen LogP contribution in [-0.4, -0.2) is 73.4 Å². The molecule has 0 saturated carbocycles. The van der Waals surface area contributed by atoms with Gasteiger partial charge in [0.1, 0.15) is 13.2 Å². The Kier molecular flexibility index (Phi) is 49.7. The SMILES string of the molecule is CCCCCCC/C=C\C/C=C\CCCCCCCCCCCCCCCCCCCCCCCC(=O)NC(COP(=O)(O)OCC[N+](C)(C)C)C(O)/C=C/CCCCCCCCCCCCC. The maximum absolute atomic E-state index is 13.0. The predicted molar refractivity (Wildman–Crippen MR) is 295 cm³/mol. The van der Waals surface area contributed by atoms with E-state index < -0.39 is 20.0 Å². The van der Waals surface area contributed by atoms with Gasteiger partial charge in [0.05, 0.1) is 39.9 Å². The fraction of sp³-hybridized carbons (Fsp3) is 0.881. The highest BCUT2D eigenvalue weighted by Crippen LogP contribution is 2.43. The average molecular weight is 981 g/mol. The van der Waals surface area contributed by atoms with E-state index in [0.29, 0.717) is 17.4 Å². The topological polar surface area (TPSA) is 105 Å². The lowest BCUT2D eigenvalue weighted by atomic mass is 10.0. The minimum atomic E-state index is -4.34. The molecule has 1 amide bonds. The zero-order valence-corrected chi connectivity index (χ0v) is 46.8. The van der Waals surface area contributed by atoms with E-state index in [1.54, 1.807) is 6.08 Å². The summed E-state index contributed by atoms with van der Waals surface area (Å²) in [6, 6.07) is -0.843. The van der Waals surface area contributed by atoms with E-state index in [1.165, 1.54) is 218 Å². The highest BCUT2D eigenvalue weighted by Gasteiger charge is 2.27. The largest absolute Gasteiger partial charge is 0.472 e. The average Bonchev–Trinajstić information content (AvgIpc) is 3.30. The van der Waals surface area contributed by atoms with Gasteiger partial charge < -0.3 is 19.8 Å². The second-order valence-corrected chi connectivity index (χ2v) is 22.8. The van der Waals surface area contributed by atoms with E-state index in [2.05, 4.69) is 43.5 Å². The highest BCUT2D eigenvalue weighted by atomic mass is 31.2. The molecule has 0 saturated heterocycles. The maximum atomic E-state index is 13.0. The van der Waals surface area contributed by atoms with Crippen molar-refractivity contribution in [3.8, 4) is 0 Å². The predicted octanol–water partition coefficient (Wildman–Crippen LogP) is 17.8. The number of hydrogen-bond acceptors (Lipinski definition) is 5. The molecule has 0 aromatic rings. The van der Waals surface area contributed by atoms with Crippen LogP contribution in [0, 0.1) is 0 Å². The van der Waals surface area contributed by atoms with Crippen molar-refractivity contribution in [1.29, 1.82) is 0 Å². The van der Waals surface area contributed by atoms with E-state index in [-0.39, 0.29) is 19.1 Å². The maximum Gasteiger partial charge on any atom is 0.472 e. The van der Waals surface area contributed by atoms with Gasteiger partial charge in [0.15, 0.2) is 0 Å². The Morgan fingerprint density at radius 1 is 0.500 bits per heavy atom. The molecule has 0 aromatic heterocycles. The number of rotatable bonds is 54. The minimum Gasteiger partial charge on any atom is -0.387 e. The monoisotopic (exact) mass is 980 g/mol. The molecule has 8 nitrogen and oxygen atoms in total. The molecule has 0 heterocycles. The summed E-state index contributed by atoms with van der Waals surface area (Å²) in [5.74, 6) is -0.173. The lowest BCUT2D eigenvalue weighted by molar-refractivity contribution is -0.870. The summed E-state index contributed by atoms with van der Waals surface area (Å²) in [7, 11) is 1.58. The molecule has 3 N–H and O–H groups in total. The van der Waals surface area contributed by atoms with Crippen molar-refractivity contribution in [3.63, 3.8) is 0 Å². The smallest absolute Gasteiger partial charge is 0.387 e. The van der Waals surface area contributed by atoms with Gasteiger partial charge in [-0.1, -0.05) is 262 Å². The third-order valence-corrected chi connectivity index (χ3v) is 14.3. The molecule has 0 aliphatic heterocycles. The molecule has 0 bridgehead atoms. The van der Waals surface area contributed by atoms with E-state index in [4.69, 9.17) is 9.05 Å². The lowest BCUT2D eigenvalue weighted by Crippen LogP contribution is -2.45. The molecule has 0 fully saturated rings. The number of likely N-dealkylation sites (N-methyl/N-ethyl adjacent to an activating group) is 1. The van der Waals surface area contributed by atoms with Crippen LogP contribution in [0.4, 0.5) is 0 Å². The first-order chi connectivity index (χ1) is 33.0. The standard InChI is InChI=1S/C59H115N2O6P/c1-6-8-10-12-14-16-18-20-21-22-23-24-25-26-27-28-29-30-31-32-33-34-35-36-37-38-39-41-43-45-47-49-51-53-59(63)60-57(56-67-68(64,65)66-55-54-61(3,4)5)58(62)52-50-48-46-44-42-40-19-17-15-13-11-9-7-2/h18,20,22-23,50,52,57-58,62H,6-17,19,21,24-49,51,53-56H2,1-5H3,(H-,60,63,64,65)/p+1/b20-18-,23-22-,52-50+. The first kappa shape index (κ1) is 66.7. The number of quaternary nitrogens is 1. The number of carbonyl (C=O) groups is 1. The summed E-state index contributed by atoms with van der Waals surface area (Å²) in [6.45, 7) is 4.82. The van der Waals surface area contributed by atoms with Crippen LogP contribution < -0.4 is 5.32 Å². The van der Waals surface area contributed by atoms with Gasteiger partial charge in [0.25, 0.3) is 0 Å². The number of phosphoric ester groups is 1. The molecule has 0 radical (unpaired) electrons. The van der Waals surface area contributed by atoms with Crippen LogP contribution in [0.2, 0.25) is 0 Å². The molecular weight excluding hydrogens is 864 g/mol. The number of nitrogens with zero attached hydrogens (tertiary/aromatic N) is 1. The normalized spacial score (nSPS) is 14.2. The second kappa shape index (κ2) is 50.7. The fourth-order valence-electron chi connectivity index (χ4n) is 8.72. The molecule has 3 unspecified atom stereocenters. The number of hydrogen-bond donors (Lipinski definition) is 3. The van der Waals surface area contributed by atoms with E-state index >= 15 is 0 Å². The lowest BCUT2D eigenvalue weighted by Gasteiger charge is -2.25. The number of aliphatic hydroxyl groups is 1. The van der Waals surface area contributed by atoms with Gasteiger partial charge in [0, 0.05) is 6.42 Å². The van der Waals surface area contributed by atoms with Crippen LogP contribution in [-0.2, 0) is 18.4 Å². The number of nitrogens with one attached hydrogen (secondary N) is 1. The second-order valence-electron chi connectivity index (χ2n) is 21.4. The number of aliphatic hydroxyl groups excluding tert-OH is 1. The number of allylic oxidation sites excluding steroid dienone is 5. The van der Waals surface area contributed by atoms with Gasteiger partial charge in [-0.15, -0.1) is 0 Å². The van der Waals surface area contributed by atoms with Crippen LogP contribution in [0.5, 0.6) is 0 Å². The van der Waals surface area contributed by atoms with Gasteiger partial charge in [-0.3, -0.25) is 13.8 Å². The number of phosphoric acid groups is 1. The first-order valence-corrected chi connectivity index (χ1v) is 30.9. The zero-order chi connectivity index (χ0) is 49.9. The van der Waals surface area contributed by atoms with Crippen LogP contribution in [0.15, 0.2) is 36.5 Å². The molecule has 9 heteroatoms. The Hall–Kier alpha value is -1.28. The first-order valence-electron chi connectivity index (χ1n) is 29.4. The number of amides is 1. The summed E-state index contributed by atoms with van der Waals surface area (Å²) < 4.78 is 23.7. The van der Waals surface area contributed by atoms with Crippen molar-refractivity contribution < 1.29 is 32.9 Å². The summed E-state index contributed by atoms with van der Waals surface area (Å²) in [5, 5.41) is 13.9. The van der Waals surface area contributed by atoms with Gasteiger partial charge in [-0.05, 0) is 51.4 Å². The van der Waals surface area contributed by atoms with Crippen molar-refractivity contribution in [2.24, 2.45) is 0 Å². The Morgan fingerprint density at radius 3 is 1.21 bits per heavy atom. The van der Waals surface area contributed by atoms with Crippen LogP contribution >= 0.6 is 7.82 Å². The molecule has 0 aliphatic carbocycles. The Labute approximate surface area is 423 Å². The zero-order valence-electron chi connectivity index (χ0n) is 45.9. The molecule has 3 atom stereocenters. The molecule has 0 rings (SSSR count). The van der Waals surface area contributed by atoms with Crippen LogP contribution in [0.1, 0.15) is 284 Å². The van der Waals surface area contributed by atoms with Crippen molar-refractivity contribution in [3.05, 3.63) is 36.5 Å².